The monoisotopic (exact) mass is 389 g/mol. The average Bonchev–Trinajstić information content (AvgIpc) is 3.18. The van der Waals surface area contributed by atoms with Crippen molar-refractivity contribution in [3.05, 3.63) is 46.0 Å². The molecule has 4 rings (SSSR count). The van der Waals surface area contributed by atoms with Crippen molar-refractivity contribution in [1.29, 1.82) is 0 Å². The molecule has 0 N–H and O–H groups in total. The fourth-order valence-corrected chi connectivity index (χ4v) is 3.92. The molecule has 1 amide bonds. The zero-order valence-electron chi connectivity index (χ0n) is 13.2. The highest BCUT2D eigenvalue weighted by atomic mass is 79.9. The van der Waals surface area contributed by atoms with E-state index in [0.717, 1.165) is 28.7 Å². The van der Waals surface area contributed by atoms with Gasteiger partial charge in [0.25, 0.3) is 5.91 Å². The van der Waals surface area contributed by atoms with E-state index in [2.05, 4.69) is 20.9 Å². The Balaban J connectivity index is 1.96. The first kappa shape index (κ1) is 15.4. The van der Waals surface area contributed by atoms with Crippen LogP contribution in [0.4, 0.5) is 0 Å². The maximum absolute atomic E-state index is 13.0. The molecule has 1 aromatic heterocycles. The fourth-order valence-electron chi connectivity index (χ4n) is 3.56. The number of benzene rings is 1. The van der Waals surface area contributed by atoms with Gasteiger partial charge in [-0.25, -0.2) is 9.78 Å². The van der Waals surface area contributed by atoms with Crippen LogP contribution in [0.15, 0.2) is 29.0 Å². The number of hydrogen-bond donors (Lipinski definition) is 0. The summed E-state index contributed by atoms with van der Waals surface area (Å²) >= 11 is 3.44. The number of esters is 1. The minimum atomic E-state index is -0.439. The van der Waals surface area contributed by atoms with E-state index in [0.29, 0.717) is 24.4 Å². The summed E-state index contributed by atoms with van der Waals surface area (Å²) in [6, 6.07) is 5.44. The lowest BCUT2D eigenvalue weighted by Gasteiger charge is -2.22. The third kappa shape index (κ3) is 2.18. The third-order valence-electron chi connectivity index (χ3n) is 4.55. The highest BCUT2D eigenvalue weighted by Gasteiger charge is 2.40. The molecule has 1 saturated heterocycles. The number of carbonyl (C=O) groups is 2. The van der Waals surface area contributed by atoms with Crippen molar-refractivity contribution in [2.45, 2.75) is 25.8 Å². The Morgan fingerprint density at radius 2 is 2.29 bits per heavy atom. The van der Waals surface area contributed by atoms with E-state index >= 15 is 0 Å². The molecule has 0 aliphatic carbocycles. The van der Waals surface area contributed by atoms with E-state index in [1.165, 1.54) is 0 Å². The number of ether oxygens (including phenoxy) is 1. The molecule has 7 heteroatoms. The van der Waals surface area contributed by atoms with Gasteiger partial charge in [-0.05, 0) is 38.0 Å². The van der Waals surface area contributed by atoms with E-state index < -0.39 is 5.97 Å². The van der Waals surface area contributed by atoms with Crippen molar-refractivity contribution >= 4 is 27.8 Å². The van der Waals surface area contributed by atoms with Crippen molar-refractivity contribution in [1.82, 2.24) is 14.5 Å². The predicted octanol–water partition coefficient (Wildman–Crippen LogP) is 3.10. The molecule has 0 radical (unpaired) electrons. The molecule has 124 valence electrons. The van der Waals surface area contributed by atoms with Gasteiger partial charge in [-0.3, -0.25) is 9.36 Å². The number of amides is 1. The number of imidazole rings is 1. The van der Waals surface area contributed by atoms with Gasteiger partial charge in [0.15, 0.2) is 5.69 Å². The van der Waals surface area contributed by atoms with Crippen LogP contribution in [0, 0.1) is 0 Å². The molecule has 2 aliphatic rings. The molecule has 2 aliphatic heterocycles. The van der Waals surface area contributed by atoms with Gasteiger partial charge in [-0.1, -0.05) is 15.9 Å². The summed E-state index contributed by atoms with van der Waals surface area (Å²) < 4.78 is 7.86. The Hall–Kier alpha value is -2.15. The van der Waals surface area contributed by atoms with Gasteiger partial charge >= 0.3 is 5.97 Å². The van der Waals surface area contributed by atoms with E-state index in [1.54, 1.807) is 13.3 Å². The summed E-state index contributed by atoms with van der Waals surface area (Å²) in [5.74, 6) is -0.446. The molecule has 1 aromatic carbocycles. The van der Waals surface area contributed by atoms with Crippen LogP contribution in [0.25, 0.3) is 5.69 Å². The second kappa shape index (κ2) is 5.73. The van der Waals surface area contributed by atoms with Gasteiger partial charge in [0, 0.05) is 11.0 Å². The number of halogens is 1. The van der Waals surface area contributed by atoms with Crippen molar-refractivity contribution in [2.24, 2.45) is 0 Å². The van der Waals surface area contributed by atoms with Crippen molar-refractivity contribution in [3.8, 4) is 5.69 Å². The molecule has 3 heterocycles. The van der Waals surface area contributed by atoms with Crippen LogP contribution in [-0.2, 0) is 4.74 Å². The first-order valence-corrected chi connectivity index (χ1v) is 8.76. The topological polar surface area (TPSA) is 64.4 Å². The van der Waals surface area contributed by atoms with Crippen LogP contribution in [0.3, 0.4) is 0 Å². The Morgan fingerprint density at radius 1 is 1.46 bits per heavy atom. The summed E-state index contributed by atoms with van der Waals surface area (Å²) in [5, 5.41) is 0. The lowest BCUT2D eigenvalue weighted by Crippen LogP contribution is -2.30. The minimum Gasteiger partial charge on any atom is -0.461 e. The summed E-state index contributed by atoms with van der Waals surface area (Å²) in [6.07, 6.45) is 3.34. The van der Waals surface area contributed by atoms with Crippen LogP contribution in [-0.4, -0.2) is 39.5 Å². The number of hydrogen-bond acceptors (Lipinski definition) is 4. The third-order valence-corrected chi connectivity index (χ3v) is 5.04. The normalized spacial score (nSPS) is 18.7. The van der Waals surface area contributed by atoms with Crippen LogP contribution in [0.2, 0.25) is 0 Å². The van der Waals surface area contributed by atoms with Gasteiger partial charge in [0.1, 0.15) is 6.33 Å². The predicted molar refractivity (Wildman–Crippen MR) is 90.2 cm³/mol. The smallest absolute Gasteiger partial charge is 0.358 e. The van der Waals surface area contributed by atoms with E-state index in [4.69, 9.17) is 4.74 Å². The van der Waals surface area contributed by atoms with Gasteiger partial charge in [0.05, 0.1) is 29.6 Å². The lowest BCUT2D eigenvalue weighted by molar-refractivity contribution is 0.0513. The Bertz CT molecular complexity index is 846. The number of aromatic nitrogens is 2. The minimum absolute atomic E-state index is 0.00712. The highest BCUT2D eigenvalue weighted by Crippen LogP contribution is 2.40. The van der Waals surface area contributed by atoms with Crippen molar-refractivity contribution < 1.29 is 14.3 Å². The molecule has 0 saturated carbocycles. The van der Waals surface area contributed by atoms with Gasteiger partial charge in [-0.2, -0.15) is 0 Å². The maximum atomic E-state index is 13.0. The lowest BCUT2D eigenvalue weighted by atomic mass is 10.1. The van der Waals surface area contributed by atoms with Crippen LogP contribution < -0.4 is 0 Å². The van der Waals surface area contributed by atoms with E-state index in [-0.39, 0.29) is 11.9 Å². The molecular formula is C17H16BrN3O3. The Kier molecular flexibility index (Phi) is 3.68. The zero-order chi connectivity index (χ0) is 16.8. The van der Waals surface area contributed by atoms with Crippen LogP contribution in [0.1, 0.15) is 52.3 Å². The number of nitrogens with zero attached hydrogens (tertiary/aromatic N) is 3. The summed E-state index contributed by atoms with van der Waals surface area (Å²) in [7, 11) is 0. The molecule has 1 atom stereocenters. The van der Waals surface area contributed by atoms with Crippen molar-refractivity contribution in [2.75, 3.05) is 13.2 Å². The largest absolute Gasteiger partial charge is 0.461 e. The molecule has 0 unspecified atom stereocenters. The summed E-state index contributed by atoms with van der Waals surface area (Å²) in [4.78, 5) is 31.5. The van der Waals surface area contributed by atoms with E-state index in [9.17, 15) is 9.59 Å². The summed E-state index contributed by atoms with van der Waals surface area (Å²) in [5.41, 5.74) is 2.41. The number of carbonyl (C=O) groups excluding carboxylic acids is 2. The standard InChI is InChI=1S/C17H16BrN3O3/c1-2-24-17(23)14-15-13-4-3-7-20(13)16(22)11-8-10(18)5-6-12(11)21(15)9-19-14/h5-6,8-9,13H,2-4,7H2,1H3/t13-/m0/s1. The molecule has 2 aromatic rings. The van der Waals surface area contributed by atoms with Crippen molar-refractivity contribution in [3.63, 3.8) is 0 Å². The highest BCUT2D eigenvalue weighted by molar-refractivity contribution is 9.10. The second-order valence-corrected chi connectivity index (χ2v) is 6.80. The second-order valence-electron chi connectivity index (χ2n) is 5.89. The maximum Gasteiger partial charge on any atom is 0.358 e. The van der Waals surface area contributed by atoms with Gasteiger partial charge < -0.3 is 9.64 Å². The Labute approximate surface area is 147 Å². The van der Waals surface area contributed by atoms with E-state index in [1.807, 2.05) is 27.7 Å². The molecule has 1 fully saturated rings. The molecule has 6 nitrogen and oxygen atoms in total. The molecule has 24 heavy (non-hydrogen) atoms. The quantitative estimate of drug-likeness (QED) is 0.740. The first-order chi connectivity index (χ1) is 11.6. The number of fused-ring (bicyclic) bond motifs is 5. The first-order valence-electron chi connectivity index (χ1n) is 7.97. The van der Waals surface area contributed by atoms with Crippen LogP contribution >= 0.6 is 15.9 Å². The summed E-state index contributed by atoms with van der Waals surface area (Å²) in [6.45, 7) is 2.75. The fraction of sp³-hybridized carbons (Fsp3) is 0.353. The Morgan fingerprint density at radius 3 is 3.08 bits per heavy atom. The van der Waals surface area contributed by atoms with Crippen LogP contribution in [0.5, 0.6) is 0 Å². The SMILES string of the molecule is CCOC(=O)c1ncn2c1[C@@H]1CCCN1C(=O)c1cc(Br)ccc1-2. The molecular weight excluding hydrogens is 374 g/mol. The van der Waals surface area contributed by atoms with Gasteiger partial charge in [0.2, 0.25) is 0 Å². The molecule has 0 spiro atoms. The number of rotatable bonds is 2. The molecule has 0 bridgehead atoms. The zero-order valence-corrected chi connectivity index (χ0v) is 14.7. The average molecular weight is 390 g/mol. The van der Waals surface area contributed by atoms with Gasteiger partial charge in [-0.15, -0.1) is 0 Å².